The zero-order valence-electron chi connectivity index (χ0n) is 12.4. The minimum atomic E-state index is -4.49. The van der Waals surface area contributed by atoms with Crippen LogP contribution in [0.1, 0.15) is 11.3 Å². The molecule has 1 aromatic carbocycles. The Morgan fingerprint density at radius 3 is 2.62 bits per heavy atom. The zero-order valence-corrected chi connectivity index (χ0v) is 13.2. The first-order valence-corrected chi connectivity index (χ1v) is 7.88. The van der Waals surface area contributed by atoms with Crippen LogP contribution < -0.4 is 5.73 Å². The largest absolute Gasteiger partial charge is 0.417 e. The molecule has 0 spiro atoms. The van der Waals surface area contributed by atoms with Crippen molar-refractivity contribution in [3.63, 3.8) is 0 Å². The van der Waals surface area contributed by atoms with E-state index in [1.54, 1.807) is 0 Å². The molecule has 122 valence electrons. The highest BCUT2D eigenvalue weighted by molar-refractivity contribution is 7.22. The average molecular weight is 348 g/mol. The van der Waals surface area contributed by atoms with E-state index >= 15 is 0 Å². The first-order chi connectivity index (χ1) is 11.3. The number of nitrogens with two attached hydrogens (primary N) is 1. The molecule has 3 aromatic heterocycles. The van der Waals surface area contributed by atoms with Crippen LogP contribution in [0.5, 0.6) is 0 Å². The van der Waals surface area contributed by atoms with Crippen LogP contribution in [0.4, 0.5) is 18.9 Å². The predicted octanol–water partition coefficient (Wildman–Crippen LogP) is 4.75. The van der Waals surface area contributed by atoms with Crippen LogP contribution in [0.25, 0.3) is 32.0 Å². The molecule has 0 aliphatic heterocycles. The Morgan fingerprint density at radius 2 is 1.92 bits per heavy atom. The number of anilines is 1. The number of aromatic amines is 1. The lowest BCUT2D eigenvalue weighted by molar-refractivity contribution is -0.136. The SMILES string of the molecule is Cc1cc(C(F)(F)F)c2c(N)c(-c3nc4ccccc4[nH]3)sc2n1. The number of H-pyrrole nitrogens is 1. The third kappa shape index (κ3) is 2.22. The molecule has 0 fully saturated rings. The predicted molar refractivity (Wildman–Crippen MR) is 88.9 cm³/mol. The van der Waals surface area contributed by atoms with Crippen LogP contribution in [0.3, 0.4) is 0 Å². The number of nitrogen functional groups attached to an aromatic ring is 1. The number of aromatic nitrogens is 3. The van der Waals surface area contributed by atoms with Gasteiger partial charge in [0.2, 0.25) is 0 Å². The Balaban J connectivity index is 2.02. The molecule has 0 atom stereocenters. The molecule has 4 rings (SSSR count). The van der Waals surface area contributed by atoms with Crippen molar-refractivity contribution in [1.82, 2.24) is 15.0 Å². The lowest BCUT2D eigenvalue weighted by Gasteiger charge is -2.09. The van der Waals surface area contributed by atoms with E-state index in [1.165, 1.54) is 6.92 Å². The topological polar surface area (TPSA) is 67.6 Å². The molecule has 4 aromatic rings. The number of benzene rings is 1. The molecule has 24 heavy (non-hydrogen) atoms. The van der Waals surface area contributed by atoms with Crippen molar-refractivity contribution in [2.24, 2.45) is 0 Å². The van der Waals surface area contributed by atoms with Gasteiger partial charge in [-0.1, -0.05) is 12.1 Å². The number of hydrogen-bond acceptors (Lipinski definition) is 4. The van der Waals surface area contributed by atoms with Crippen molar-refractivity contribution in [3.8, 4) is 10.7 Å². The summed E-state index contributed by atoms with van der Waals surface area (Å²) >= 11 is 1.11. The second-order valence-electron chi connectivity index (χ2n) is 5.44. The van der Waals surface area contributed by atoms with Gasteiger partial charge < -0.3 is 10.7 Å². The molecule has 4 nitrogen and oxygen atoms in total. The highest BCUT2D eigenvalue weighted by Gasteiger charge is 2.35. The molecular formula is C16H11F3N4S. The Bertz CT molecular complexity index is 1050. The van der Waals surface area contributed by atoms with Crippen molar-refractivity contribution >= 4 is 38.3 Å². The number of hydrogen-bond donors (Lipinski definition) is 2. The summed E-state index contributed by atoms with van der Waals surface area (Å²) in [5, 5.41) is -0.0615. The highest BCUT2D eigenvalue weighted by atomic mass is 32.1. The molecule has 3 heterocycles. The number of nitrogens with one attached hydrogen (secondary N) is 1. The van der Waals surface area contributed by atoms with E-state index in [0.717, 1.165) is 28.4 Å². The molecule has 0 aliphatic carbocycles. The van der Waals surface area contributed by atoms with E-state index in [4.69, 9.17) is 5.73 Å². The number of halogens is 3. The zero-order chi connectivity index (χ0) is 17.1. The Kier molecular flexibility index (Phi) is 3.08. The lowest BCUT2D eigenvalue weighted by Crippen LogP contribution is -2.07. The Morgan fingerprint density at radius 1 is 1.17 bits per heavy atom. The van der Waals surface area contributed by atoms with Crippen LogP contribution >= 0.6 is 11.3 Å². The second-order valence-corrected chi connectivity index (χ2v) is 6.44. The molecule has 0 saturated heterocycles. The Hall–Kier alpha value is -2.61. The Labute approximate surface area is 138 Å². The van der Waals surface area contributed by atoms with Crippen LogP contribution in [-0.2, 0) is 6.18 Å². The summed E-state index contributed by atoms with van der Waals surface area (Å²) in [6.07, 6.45) is -4.49. The van der Waals surface area contributed by atoms with Crippen LogP contribution in [0, 0.1) is 6.92 Å². The van der Waals surface area contributed by atoms with E-state index in [2.05, 4.69) is 15.0 Å². The third-order valence-electron chi connectivity index (χ3n) is 3.74. The molecular weight excluding hydrogens is 337 g/mol. The van der Waals surface area contributed by atoms with Crippen molar-refractivity contribution in [1.29, 1.82) is 0 Å². The normalized spacial score (nSPS) is 12.3. The van der Waals surface area contributed by atoms with Gasteiger partial charge >= 0.3 is 6.18 Å². The van der Waals surface area contributed by atoms with E-state index in [9.17, 15) is 13.2 Å². The molecule has 0 radical (unpaired) electrons. The number of rotatable bonds is 1. The summed E-state index contributed by atoms with van der Waals surface area (Å²) in [4.78, 5) is 12.4. The van der Waals surface area contributed by atoms with Crippen molar-refractivity contribution < 1.29 is 13.2 Å². The number of aryl methyl sites for hydroxylation is 1. The van der Waals surface area contributed by atoms with Crippen molar-refractivity contribution in [3.05, 3.63) is 41.6 Å². The van der Waals surface area contributed by atoms with Crippen molar-refractivity contribution in [2.45, 2.75) is 13.1 Å². The third-order valence-corrected chi connectivity index (χ3v) is 4.84. The standard InChI is InChI=1S/C16H11F3N4S/c1-7-6-8(16(17,18)19)11-12(20)13(24-15(11)21-7)14-22-9-4-2-3-5-10(9)23-14/h2-6H,20H2,1H3,(H,22,23). The maximum absolute atomic E-state index is 13.4. The van der Waals surface area contributed by atoms with Gasteiger partial charge in [0.05, 0.1) is 27.2 Å². The highest BCUT2D eigenvalue weighted by Crippen LogP contribution is 2.45. The van der Waals surface area contributed by atoms with Gasteiger partial charge in [-0.3, -0.25) is 0 Å². The summed E-state index contributed by atoms with van der Waals surface area (Å²) in [6.45, 7) is 1.53. The van der Waals surface area contributed by atoms with Gasteiger partial charge in [0.1, 0.15) is 4.83 Å². The smallest absolute Gasteiger partial charge is 0.397 e. The number of alkyl halides is 3. The van der Waals surface area contributed by atoms with Gasteiger partial charge in [-0.2, -0.15) is 13.2 Å². The van der Waals surface area contributed by atoms with E-state index in [-0.39, 0.29) is 15.9 Å². The first-order valence-electron chi connectivity index (χ1n) is 7.06. The number of para-hydroxylation sites is 2. The summed E-state index contributed by atoms with van der Waals surface area (Å²) in [5.74, 6) is 0.447. The monoisotopic (exact) mass is 348 g/mol. The summed E-state index contributed by atoms with van der Waals surface area (Å²) in [5.41, 5.74) is 7.16. The molecule has 0 amide bonds. The molecule has 0 unspecified atom stereocenters. The fourth-order valence-corrected chi connectivity index (χ4v) is 3.81. The van der Waals surface area contributed by atoms with Crippen molar-refractivity contribution in [2.75, 3.05) is 5.73 Å². The first kappa shape index (κ1) is 14.9. The fraction of sp³-hybridized carbons (Fsp3) is 0.125. The van der Waals surface area contributed by atoms with Crippen LogP contribution in [0.15, 0.2) is 30.3 Å². The van der Waals surface area contributed by atoms with E-state index in [0.29, 0.717) is 16.4 Å². The van der Waals surface area contributed by atoms with Crippen LogP contribution in [0.2, 0.25) is 0 Å². The molecule has 0 aliphatic rings. The summed E-state index contributed by atoms with van der Waals surface area (Å²) in [7, 11) is 0. The fourth-order valence-electron chi connectivity index (χ4n) is 2.70. The van der Waals surface area contributed by atoms with Gasteiger partial charge in [-0.05, 0) is 25.1 Å². The number of fused-ring (bicyclic) bond motifs is 2. The molecule has 8 heteroatoms. The van der Waals surface area contributed by atoms with Gasteiger partial charge in [0.15, 0.2) is 5.82 Å². The summed E-state index contributed by atoms with van der Waals surface area (Å²) < 4.78 is 40.1. The lowest BCUT2D eigenvalue weighted by atomic mass is 10.1. The molecule has 0 bridgehead atoms. The average Bonchev–Trinajstić information content (AvgIpc) is 3.06. The van der Waals surface area contributed by atoms with E-state index in [1.807, 2.05) is 24.3 Å². The van der Waals surface area contributed by atoms with Gasteiger partial charge in [-0.25, -0.2) is 9.97 Å². The molecule has 0 saturated carbocycles. The maximum Gasteiger partial charge on any atom is 0.417 e. The quantitative estimate of drug-likeness (QED) is 0.522. The number of nitrogens with zero attached hydrogens (tertiary/aromatic N) is 2. The van der Waals surface area contributed by atoms with Gasteiger partial charge in [0.25, 0.3) is 0 Å². The van der Waals surface area contributed by atoms with Crippen LogP contribution in [-0.4, -0.2) is 15.0 Å². The van der Waals surface area contributed by atoms with E-state index < -0.39 is 11.7 Å². The number of imidazole rings is 1. The molecule has 3 N–H and O–H groups in total. The summed E-state index contributed by atoms with van der Waals surface area (Å²) in [6, 6.07) is 8.38. The maximum atomic E-state index is 13.4. The number of pyridine rings is 1. The minimum absolute atomic E-state index is 0.0499. The van der Waals surface area contributed by atoms with Gasteiger partial charge in [-0.15, -0.1) is 11.3 Å². The minimum Gasteiger partial charge on any atom is -0.397 e. The van der Waals surface area contributed by atoms with Gasteiger partial charge in [0, 0.05) is 11.1 Å². The number of thiophene rings is 1. The second kappa shape index (κ2) is 4.94.